The van der Waals surface area contributed by atoms with Gasteiger partial charge in [-0.2, -0.15) is 9.65 Å². The van der Waals surface area contributed by atoms with Crippen molar-refractivity contribution in [3.05, 3.63) is 53.9 Å². The van der Waals surface area contributed by atoms with E-state index in [4.69, 9.17) is 10.00 Å². The van der Waals surface area contributed by atoms with Crippen molar-refractivity contribution in [2.75, 3.05) is 7.11 Å². The number of halogens is 4. The van der Waals surface area contributed by atoms with Gasteiger partial charge in [-0.15, -0.1) is 13.2 Å². The van der Waals surface area contributed by atoms with E-state index in [0.29, 0.717) is 12.8 Å². The van der Waals surface area contributed by atoms with Crippen LogP contribution in [0.1, 0.15) is 37.2 Å². The Labute approximate surface area is 149 Å². The smallest absolute Gasteiger partial charge is 0.406 e. The molecule has 0 bridgehead atoms. The van der Waals surface area contributed by atoms with Gasteiger partial charge in [-0.1, -0.05) is 24.3 Å². The lowest BCUT2D eigenvalue weighted by atomic mass is 9.76. The van der Waals surface area contributed by atoms with Gasteiger partial charge in [0.1, 0.15) is 11.8 Å². The van der Waals surface area contributed by atoms with Crippen LogP contribution in [0.5, 0.6) is 5.75 Å². The third-order valence-electron chi connectivity index (χ3n) is 4.57. The fourth-order valence-electron chi connectivity index (χ4n) is 3.17. The van der Waals surface area contributed by atoms with E-state index in [1.54, 1.807) is 25.3 Å². The van der Waals surface area contributed by atoms with Crippen LogP contribution < -0.4 is 4.74 Å². The molecule has 1 aliphatic rings. The molecular weight excluding hydrogens is 350 g/mol. The Kier molecular flexibility index (Phi) is 6.43. The maximum atomic E-state index is 12.9. The molecule has 0 N–H and O–H groups in total. The van der Waals surface area contributed by atoms with E-state index in [9.17, 15) is 17.6 Å². The molecule has 0 atom stereocenters. The molecule has 26 heavy (non-hydrogen) atoms. The van der Waals surface area contributed by atoms with Crippen molar-refractivity contribution in [3.8, 4) is 11.8 Å². The van der Waals surface area contributed by atoms with Crippen LogP contribution in [0.2, 0.25) is 0 Å². The van der Waals surface area contributed by atoms with E-state index in [-0.39, 0.29) is 11.7 Å². The topological polar surface area (TPSA) is 42.2 Å². The van der Waals surface area contributed by atoms with Crippen molar-refractivity contribution in [3.63, 3.8) is 0 Å². The number of allylic oxidation sites excluding steroid dienone is 3. The normalized spacial score (nSPS) is 24.5. The average Bonchev–Trinajstić information content (AvgIpc) is 2.61. The molecule has 0 unspecified atom stereocenters. The Bertz CT molecular complexity index is 694. The maximum absolute atomic E-state index is 12.9. The zero-order chi connectivity index (χ0) is 19.2. The zero-order valence-electron chi connectivity index (χ0n) is 14.2. The summed E-state index contributed by atoms with van der Waals surface area (Å²) in [6.45, 7) is 0. The number of methoxy groups -OCH3 is 1. The molecule has 1 saturated carbocycles. The Hall–Kier alpha value is -2.33. The Morgan fingerprint density at radius 1 is 1.23 bits per heavy atom. The number of benzene rings is 1. The minimum Gasteiger partial charge on any atom is -0.406 e. The van der Waals surface area contributed by atoms with Crippen molar-refractivity contribution in [1.29, 1.82) is 5.26 Å². The molecule has 0 radical (unpaired) electrons. The van der Waals surface area contributed by atoms with E-state index >= 15 is 0 Å². The number of ether oxygens (including phenoxy) is 2. The first kappa shape index (κ1) is 20.0. The fourth-order valence-corrected chi connectivity index (χ4v) is 3.17. The molecular formula is C19H19F4NO2. The summed E-state index contributed by atoms with van der Waals surface area (Å²) >= 11 is 0. The molecule has 140 valence electrons. The highest BCUT2D eigenvalue weighted by Gasteiger charge is 2.34. The van der Waals surface area contributed by atoms with Crippen LogP contribution in [0.4, 0.5) is 17.6 Å². The summed E-state index contributed by atoms with van der Waals surface area (Å²) in [6, 6.07) is 7.32. The lowest BCUT2D eigenvalue weighted by Crippen LogP contribution is -2.33. The van der Waals surface area contributed by atoms with Crippen LogP contribution in [-0.2, 0) is 4.74 Å². The Balaban J connectivity index is 1.99. The van der Waals surface area contributed by atoms with Crippen molar-refractivity contribution >= 4 is 0 Å². The van der Waals surface area contributed by atoms with Gasteiger partial charge in [0.05, 0.1) is 5.60 Å². The van der Waals surface area contributed by atoms with Crippen LogP contribution in [0, 0.1) is 11.3 Å². The molecule has 0 heterocycles. The second kappa shape index (κ2) is 8.37. The quantitative estimate of drug-likeness (QED) is 0.388. The van der Waals surface area contributed by atoms with Crippen molar-refractivity contribution in [2.24, 2.45) is 0 Å². The number of nitriles is 1. The summed E-state index contributed by atoms with van der Waals surface area (Å²) in [6.07, 6.45) is 2.56. The number of hydrogen-bond donors (Lipinski definition) is 0. The molecule has 1 aliphatic carbocycles. The van der Waals surface area contributed by atoms with E-state index in [2.05, 4.69) is 4.74 Å². The van der Waals surface area contributed by atoms with Crippen molar-refractivity contribution in [2.45, 2.75) is 43.6 Å². The summed E-state index contributed by atoms with van der Waals surface area (Å²) in [5.41, 5.74) is 0.422. The number of nitrogens with zero attached hydrogens (tertiary/aromatic N) is 1. The zero-order valence-corrected chi connectivity index (χ0v) is 14.2. The minimum atomic E-state index is -4.70. The summed E-state index contributed by atoms with van der Waals surface area (Å²) in [4.78, 5) is 0. The van der Waals surface area contributed by atoms with E-state index < -0.39 is 17.8 Å². The highest BCUT2D eigenvalue weighted by atomic mass is 19.4. The molecule has 1 fully saturated rings. The van der Waals surface area contributed by atoms with Crippen LogP contribution in [0.3, 0.4) is 0 Å². The van der Waals surface area contributed by atoms with Gasteiger partial charge >= 0.3 is 6.36 Å². The molecule has 3 nitrogen and oxygen atoms in total. The number of hydrogen-bond acceptors (Lipinski definition) is 3. The monoisotopic (exact) mass is 369 g/mol. The third-order valence-corrected chi connectivity index (χ3v) is 4.57. The van der Waals surface area contributed by atoms with Gasteiger partial charge in [0.25, 0.3) is 0 Å². The van der Waals surface area contributed by atoms with E-state index in [0.717, 1.165) is 24.5 Å². The summed E-state index contributed by atoms with van der Waals surface area (Å²) < 4.78 is 58.9. The fraction of sp³-hybridized carbons (Fsp3) is 0.421. The summed E-state index contributed by atoms with van der Waals surface area (Å²) in [5, 5.41) is 8.41. The molecule has 0 amide bonds. The number of rotatable bonds is 5. The first-order valence-electron chi connectivity index (χ1n) is 8.13. The first-order chi connectivity index (χ1) is 12.3. The highest BCUT2D eigenvalue weighted by Crippen LogP contribution is 2.41. The molecule has 2 rings (SSSR count). The lowest BCUT2D eigenvalue weighted by molar-refractivity contribution is -0.274. The van der Waals surface area contributed by atoms with Crippen LogP contribution >= 0.6 is 0 Å². The average molecular weight is 369 g/mol. The lowest BCUT2D eigenvalue weighted by Gasteiger charge is -2.37. The molecule has 0 saturated heterocycles. The highest BCUT2D eigenvalue weighted by molar-refractivity contribution is 5.30. The number of alkyl halides is 3. The Morgan fingerprint density at radius 2 is 1.85 bits per heavy atom. The Morgan fingerprint density at radius 3 is 2.35 bits per heavy atom. The predicted octanol–water partition coefficient (Wildman–Crippen LogP) is 5.56. The van der Waals surface area contributed by atoms with Gasteiger partial charge < -0.3 is 9.47 Å². The van der Waals surface area contributed by atoms with Crippen molar-refractivity contribution < 1.29 is 27.0 Å². The van der Waals surface area contributed by atoms with Gasteiger partial charge in [0.2, 0.25) is 0 Å². The maximum Gasteiger partial charge on any atom is 0.573 e. The van der Waals surface area contributed by atoms with E-state index in [1.807, 2.05) is 0 Å². The van der Waals surface area contributed by atoms with Gasteiger partial charge in [0, 0.05) is 7.11 Å². The summed E-state index contributed by atoms with van der Waals surface area (Å²) in [7, 11) is 1.58. The molecule has 0 aromatic heterocycles. The summed E-state index contributed by atoms with van der Waals surface area (Å²) in [5.74, 6) is -0.905. The molecule has 1 aromatic carbocycles. The standard InChI is InChI=1S/C19H19F4NO2/c1-25-18(10-2-3-16(20)13-24)11-8-15(9-12-18)14-4-6-17(7-5-14)26-19(21,22)23/h2-7,10,15H,8-9,11-12H2,1H3/t15-,18+. The SMILES string of the molecule is CO[C@]1(C=CC=C(F)C#N)CC[C@H](c2ccc(OC(F)(F)F)cc2)CC1. The largest absolute Gasteiger partial charge is 0.573 e. The third kappa shape index (κ3) is 5.60. The second-order valence-electron chi connectivity index (χ2n) is 6.15. The molecule has 1 aromatic rings. The van der Waals surface area contributed by atoms with Gasteiger partial charge in [0.15, 0.2) is 5.83 Å². The van der Waals surface area contributed by atoms with Gasteiger partial charge in [-0.05, 0) is 55.4 Å². The van der Waals surface area contributed by atoms with Crippen LogP contribution in [-0.4, -0.2) is 19.1 Å². The first-order valence-corrected chi connectivity index (χ1v) is 8.13. The minimum absolute atomic E-state index is 0.206. The second-order valence-corrected chi connectivity index (χ2v) is 6.15. The molecule has 0 aliphatic heterocycles. The molecule has 7 heteroatoms. The van der Waals surface area contributed by atoms with Gasteiger partial charge in [-0.25, -0.2) is 0 Å². The van der Waals surface area contributed by atoms with Crippen LogP contribution in [0.25, 0.3) is 0 Å². The van der Waals surface area contributed by atoms with Crippen LogP contribution in [0.15, 0.2) is 48.3 Å². The van der Waals surface area contributed by atoms with E-state index in [1.165, 1.54) is 24.3 Å². The molecule has 0 spiro atoms. The van der Waals surface area contributed by atoms with Crippen molar-refractivity contribution in [1.82, 2.24) is 0 Å². The van der Waals surface area contributed by atoms with Gasteiger partial charge in [-0.3, -0.25) is 0 Å². The predicted molar refractivity (Wildman–Crippen MR) is 88.0 cm³/mol.